The maximum absolute atomic E-state index is 12.3. The smallest absolute Gasteiger partial charge is 0.255 e. The Morgan fingerprint density at radius 2 is 1.87 bits per heavy atom. The van der Waals surface area contributed by atoms with Crippen molar-refractivity contribution in [3.8, 4) is 0 Å². The quantitative estimate of drug-likeness (QED) is 0.788. The molecule has 0 aliphatic carbocycles. The highest BCUT2D eigenvalue weighted by atomic mass is 79.9. The summed E-state index contributed by atoms with van der Waals surface area (Å²) in [4.78, 5) is 12.3. The summed E-state index contributed by atoms with van der Waals surface area (Å²) >= 11 is 9.26. The lowest BCUT2D eigenvalue weighted by Gasteiger charge is -2.11. The third-order valence-electron chi connectivity index (χ3n) is 2.97. The van der Waals surface area contributed by atoms with Crippen LogP contribution in [0.4, 0.5) is 11.4 Å². The van der Waals surface area contributed by atoms with Gasteiger partial charge >= 0.3 is 0 Å². The maximum atomic E-state index is 12.3. The molecule has 0 atom stereocenters. The molecule has 23 heavy (non-hydrogen) atoms. The summed E-state index contributed by atoms with van der Waals surface area (Å²) in [6, 6.07) is 9.84. The molecule has 5 nitrogen and oxygen atoms in total. The minimum atomic E-state index is -3.42. The molecule has 0 aromatic heterocycles. The van der Waals surface area contributed by atoms with Crippen LogP contribution in [0.5, 0.6) is 0 Å². The first-order valence-electron chi connectivity index (χ1n) is 6.50. The molecule has 2 aromatic carbocycles. The van der Waals surface area contributed by atoms with Crippen molar-refractivity contribution in [2.24, 2.45) is 0 Å². The van der Waals surface area contributed by atoms with Gasteiger partial charge in [0.2, 0.25) is 10.0 Å². The second kappa shape index (κ2) is 6.90. The zero-order valence-electron chi connectivity index (χ0n) is 12.4. The first-order chi connectivity index (χ1) is 10.7. The zero-order valence-corrected chi connectivity index (χ0v) is 15.5. The number of hydrogen-bond donors (Lipinski definition) is 2. The molecule has 2 N–H and O–H groups in total. The predicted octanol–water partition coefficient (Wildman–Crippen LogP) is 4.03. The summed E-state index contributed by atoms with van der Waals surface area (Å²) in [6.45, 7) is 1.75. The number of nitrogens with one attached hydrogen (secondary N) is 2. The fourth-order valence-corrected chi connectivity index (χ4v) is 2.90. The Labute approximate surface area is 148 Å². The van der Waals surface area contributed by atoms with Gasteiger partial charge in [0, 0.05) is 15.7 Å². The number of carbonyl (C=O) groups excluding carboxylic acids is 1. The number of rotatable bonds is 4. The van der Waals surface area contributed by atoms with Gasteiger partial charge in [-0.2, -0.15) is 0 Å². The highest BCUT2D eigenvalue weighted by Crippen LogP contribution is 2.26. The average Bonchev–Trinajstić information content (AvgIpc) is 2.44. The number of benzene rings is 2. The Morgan fingerprint density at radius 1 is 1.17 bits per heavy atom. The molecular formula is C15H14BrClN2O3S. The fraction of sp³-hybridized carbons (Fsp3) is 0.133. The molecule has 0 fully saturated rings. The summed E-state index contributed by atoms with van der Waals surface area (Å²) in [6.07, 6.45) is 1.06. The van der Waals surface area contributed by atoms with E-state index < -0.39 is 10.0 Å². The molecule has 2 rings (SSSR count). The molecule has 0 spiro atoms. The van der Waals surface area contributed by atoms with Crippen LogP contribution in [0.2, 0.25) is 5.02 Å². The third-order valence-corrected chi connectivity index (χ3v) is 4.80. The molecule has 0 saturated heterocycles. The van der Waals surface area contributed by atoms with Gasteiger partial charge in [-0.25, -0.2) is 8.42 Å². The van der Waals surface area contributed by atoms with Crippen molar-refractivity contribution in [3.05, 3.63) is 57.0 Å². The predicted molar refractivity (Wildman–Crippen MR) is 96.8 cm³/mol. The number of amides is 1. The Morgan fingerprint density at radius 3 is 2.48 bits per heavy atom. The summed E-state index contributed by atoms with van der Waals surface area (Å²) < 4.78 is 25.8. The van der Waals surface area contributed by atoms with Crippen LogP contribution in [0, 0.1) is 6.92 Å². The van der Waals surface area contributed by atoms with Crippen LogP contribution in [0.3, 0.4) is 0 Å². The normalized spacial score (nSPS) is 11.1. The van der Waals surface area contributed by atoms with Gasteiger partial charge in [-0.05, 0) is 58.7 Å². The minimum Gasteiger partial charge on any atom is -0.322 e. The molecule has 2 aromatic rings. The van der Waals surface area contributed by atoms with Crippen LogP contribution < -0.4 is 10.0 Å². The van der Waals surface area contributed by atoms with Crippen molar-refractivity contribution in [3.63, 3.8) is 0 Å². The Kier molecular flexibility index (Phi) is 5.33. The average molecular weight is 418 g/mol. The molecule has 0 heterocycles. The number of hydrogen-bond acceptors (Lipinski definition) is 3. The minimum absolute atomic E-state index is 0.334. The second-order valence-electron chi connectivity index (χ2n) is 4.99. The highest BCUT2D eigenvalue weighted by Gasteiger charge is 2.11. The monoisotopic (exact) mass is 416 g/mol. The van der Waals surface area contributed by atoms with E-state index in [-0.39, 0.29) is 5.91 Å². The maximum Gasteiger partial charge on any atom is 0.255 e. The van der Waals surface area contributed by atoms with Crippen LogP contribution in [0.1, 0.15) is 15.9 Å². The number of carbonyl (C=O) groups is 1. The highest BCUT2D eigenvalue weighted by molar-refractivity contribution is 9.10. The van der Waals surface area contributed by atoms with Gasteiger partial charge in [0.15, 0.2) is 0 Å². The summed E-state index contributed by atoms with van der Waals surface area (Å²) in [5, 5.41) is 3.19. The zero-order chi connectivity index (χ0) is 17.2. The number of anilines is 2. The Balaban J connectivity index is 2.25. The van der Waals surface area contributed by atoms with Crippen LogP contribution in [0.15, 0.2) is 40.9 Å². The van der Waals surface area contributed by atoms with Gasteiger partial charge in [-0.15, -0.1) is 0 Å². The SMILES string of the molecule is Cc1ccc(C(=O)Nc2ccc(Br)c(Cl)c2)cc1NS(C)(=O)=O. The van der Waals surface area contributed by atoms with E-state index in [0.717, 1.165) is 16.3 Å². The first-order valence-corrected chi connectivity index (χ1v) is 9.57. The van der Waals surface area contributed by atoms with Gasteiger partial charge in [0.1, 0.15) is 0 Å². The molecule has 8 heteroatoms. The van der Waals surface area contributed by atoms with Crippen molar-refractivity contribution in [1.82, 2.24) is 0 Å². The van der Waals surface area contributed by atoms with Gasteiger partial charge in [0.25, 0.3) is 5.91 Å². The van der Waals surface area contributed by atoms with Crippen molar-refractivity contribution >= 4 is 54.8 Å². The standard InChI is InChI=1S/C15H14BrClN2O3S/c1-9-3-4-10(7-14(9)19-23(2,21)22)15(20)18-11-5-6-12(16)13(17)8-11/h3-8,19H,1-2H3,(H,18,20). The molecule has 0 bridgehead atoms. The van der Waals surface area contributed by atoms with E-state index in [1.54, 1.807) is 37.3 Å². The van der Waals surface area contributed by atoms with Gasteiger partial charge in [-0.1, -0.05) is 17.7 Å². The summed E-state index contributed by atoms with van der Waals surface area (Å²) in [7, 11) is -3.42. The van der Waals surface area contributed by atoms with Crippen LogP contribution >= 0.6 is 27.5 Å². The van der Waals surface area contributed by atoms with E-state index in [0.29, 0.717) is 22.0 Å². The van der Waals surface area contributed by atoms with Crippen molar-refractivity contribution < 1.29 is 13.2 Å². The third kappa shape index (κ3) is 4.95. The number of sulfonamides is 1. The Bertz CT molecular complexity index is 869. The molecule has 0 unspecified atom stereocenters. The van der Waals surface area contributed by atoms with Gasteiger partial charge in [-0.3, -0.25) is 9.52 Å². The van der Waals surface area contributed by atoms with E-state index in [2.05, 4.69) is 26.0 Å². The van der Waals surface area contributed by atoms with Crippen molar-refractivity contribution in [2.45, 2.75) is 6.92 Å². The molecule has 1 amide bonds. The molecule has 0 radical (unpaired) electrons. The van der Waals surface area contributed by atoms with Crippen LogP contribution in [-0.2, 0) is 10.0 Å². The molecule has 0 aliphatic heterocycles. The summed E-state index contributed by atoms with van der Waals surface area (Å²) in [5.74, 6) is -0.361. The largest absolute Gasteiger partial charge is 0.322 e. The topological polar surface area (TPSA) is 75.3 Å². The van der Waals surface area contributed by atoms with E-state index >= 15 is 0 Å². The van der Waals surface area contributed by atoms with Crippen molar-refractivity contribution in [2.75, 3.05) is 16.3 Å². The number of halogens is 2. The second-order valence-corrected chi connectivity index (χ2v) is 8.00. The Hall–Kier alpha value is -1.57. The first kappa shape index (κ1) is 17.8. The van der Waals surface area contributed by atoms with Crippen LogP contribution in [-0.4, -0.2) is 20.6 Å². The van der Waals surface area contributed by atoms with E-state index in [9.17, 15) is 13.2 Å². The van der Waals surface area contributed by atoms with Gasteiger partial charge in [0.05, 0.1) is 17.0 Å². The fourth-order valence-electron chi connectivity index (χ4n) is 1.85. The molecular weight excluding hydrogens is 404 g/mol. The lowest BCUT2D eigenvalue weighted by molar-refractivity contribution is 0.102. The molecule has 0 saturated carbocycles. The van der Waals surface area contributed by atoms with Crippen molar-refractivity contribution in [1.29, 1.82) is 0 Å². The molecule has 122 valence electrons. The lowest BCUT2D eigenvalue weighted by atomic mass is 10.1. The van der Waals surface area contributed by atoms with Gasteiger partial charge < -0.3 is 5.32 Å². The van der Waals surface area contributed by atoms with E-state index in [1.807, 2.05) is 0 Å². The number of aryl methyl sites for hydroxylation is 1. The van der Waals surface area contributed by atoms with Crippen LogP contribution in [0.25, 0.3) is 0 Å². The summed E-state index contributed by atoms with van der Waals surface area (Å²) in [5.41, 5.74) is 1.97. The molecule has 0 aliphatic rings. The van der Waals surface area contributed by atoms with E-state index in [4.69, 9.17) is 11.6 Å². The van der Waals surface area contributed by atoms with E-state index in [1.165, 1.54) is 6.07 Å². The lowest BCUT2D eigenvalue weighted by Crippen LogP contribution is -2.14.